The van der Waals surface area contributed by atoms with Crippen LogP contribution < -0.4 is 5.32 Å². The molecule has 0 aliphatic carbocycles. The molecule has 1 N–H and O–H groups in total. The lowest BCUT2D eigenvalue weighted by atomic mass is 9.97. The molecular formula is C14H17BrF2N2O. The number of benzene rings is 1. The molecule has 0 atom stereocenters. The molecule has 1 saturated heterocycles. The Hall–Kier alpha value is -1.01. The molecule has 6 heteroatoms. The molecule has 20 heavy (non-hydrogen) atoms. The van der Waals surface area contributed by atoms with Crippen molar-refractivity contribution in [3.63, 3.8) is 0 Å². The zero-order valence-electron chi connectivity index (χ0n) is 11.3. The summed E-state index contributed by atoms with van der Waals surface area (Å²) in [5, 5.41) is 2.63. The van der Waals surface area contributed by atoms with Crippen LogP contribution in [0.25, 0.3) is 0 Å². The van der Waals surface area contributed by atoms with Crippen LogP contribution in [0.2, 0.25) is 0 Å². The van der Waals surface area contributed by atoms with E-state index in [0.717, 1.165) is 38.1 Å². The van der Waals surface area contributed by atoms with Crippen LogP contribution in [0.15, 0.2) is 16.6 Å². The molecule has 110 valence electrons. The molecular weight excluding hydrogens is 330 g/mol. The van der Waals surface area contributed by atoms with E-state index in [-0.39, 0.29) is 4.47 Å². The number of piperidine rings is 1. The lowest BCUT2D eigenvalue weighted by molar-refractivity contribution is 0.0930. The van der Waals surface area contributed by atoms with E-state index in [2.05, 4.69) is 33.2 Å². The molecule has 3 nitrogen and oxygen atoms in total. The number of hydrogen-bond acceptors (Lipinski definition) is 2. The summed E-state index contributed by atoms with van der Waals surface area (Å²) in [6, 6.07) is 2.18. The van der Waals surface area contributed by atoms with Gasteiger partial charge in [-0.25, -0.2) is 8.78 Å². The minimum Gasteiger partial charge on any atom is -0.352 e. The summed E-state index contributed by atoms with van der Waals surface area (Å²) < 4.78 is 27.6. The maximum Gasteiger partial charge on any atom is 0.257 e. The molecule has 0 saturated carbocycles. The van der Waals surface area contributed by atoms with Crippen molar-refractivity contribution in [1.82, 2.24) is 10.2 Å². The first kappa shape index (κ1) is 15.4. The van der Waals surface area contributed by atoms with Crippen LogP contribution in [0, 0.1) is 17.6 Å². The average Bonchev–Trinajstić information content (AvgIpc) is 2.37. The minimum absolute atomic E-state index is 0.277. The normalized spacial score (nSPS) is 17.2. The van der Waals surface area contributed by atoms with E-state index in [1.165, 1.54) is 0 Å². The lowest BCUT2D eigenvalue weighted by Crippen LogP contribution is -2.37. The van der Waals surface area contributed by atoms with Gasteiger partial charge in [0.2, 0.25) is 0 Å². The van der Waals surface area contributed by atoms with E-state index in [9.17, 15) is 13.6 Å². The first-order valence-electron chi connectivity index (χ1n) is 6.58. The number of nitrogens with zero attached hydrogens (tertiary/aromatic N) is 1. The van der Waals surface area contributed by atoms with E-state index in [0.29, 0.717) is 12.5 Å². The first-order chi connectivity index (χ1) is 9.47. The van der Waals surface area contributed by atoms with Crippen LogP contribution in [0.4, 0.5) is 8.78 Å². The average molecular weight is 347 g/mol. The first-order valence-corrected chi connectivity index (χ1v) is 7.38. The number of rotatable bonds is 3. The van der Waals surface area contributed by atoms with Crippen LogP contribution in [0.1, 0.15) is 23.2 Å². The van der Waals surface area contributed by atoms with E-state index in [1.807, 2.05) is 0 Å². The van der Waals surface area contributed by atoms with Gasteiger partial charge in [-0.05, 0) is 51.0 Å². The number of amides is 1. The number of carbonyl (C=O) groups excluding carboxylic acids is 1. The van der Waals surface area contributed by atoms with Crippen LogP contribution >= 0.6 is 15.9 Å². The second-order valence-corrected chi connectivity index (χ2v) is 6.12. The molecule has 0 bridgehead atoms. The van der Waals surface area contributed by atoms with Crippen molar-refractivity contribution in [3.05, 3.63) is 33.8 Å². The van der Waals surface area contributed by atoms with Crippen molar-refractivity contribution in [2.24, 2.45) is 5.92 Å². The van der Waals surface area contributed by atoms with Crippen molar-refractivity contribution in [1.29, 1.82) is 0 Å². The van der Waals surface area contributed by atoms with Crippen molar-refractivity contribution in [2.75, 3.05) is 26.7 Å². The number of hydrogen-bond donors (Lipinski definition) is 1. The molecule has 2 rings (SSSR count). The second kappa shape index (κ2) is 6.63. The van der Waals surface area contributed by atoms with Gasteiger partial charge >= 0.3 is 0 Å². The highest BCUT2D eigenvalue weighted by Crippen LogP contribution is 2.20. The summed E-state index contributed by atoms with van der Waals surface area (Å²) >= 11 is 2.99. The zero-order valence-corrected chi connectivity index (χ0v) is 12.8. The Morgan fingerprint density at radius 3 is 2.45 bits per heavy atom. The second-order valence-electron chi connectivity index (χ2n) is 5.20. The molecule has 1 aliphatic rings. The molecule has 1 aliphatic heterocycles. The van der Waals surface area contributed by atoms with E-state index < -0.39 is 23.1 Å². The molecule has 1 aromatic carbocycles. The standard InChI is InChI=1S/C14H17BrF2N2O/c1-19-4-2-9(3-5-19)8-18-14(20)13-11(16)6-10(15)7-12(13)17/h6-7,9H,2-5,8H2,1H3,(H,18,20). The van der Waals surface area contributed by atoms with Crippen LogP contribution in [-0.2, 0) is 0 Å². The van der Waals surface area contributed by atoms with E-state index in [4.69, 9.17) is 0 Å². The summed E-state index contributed by atoms with van der Waals surface area (Å²) in [6.07, 6.45) is 1.98. The Morgan fingerprint density at radius 2 is 1.90 bits per heavy atom. The molecule has 1 fully saturated rings. The molecule has 1 aromatic rings. The topological polar surface area (TPSA) is 32.3 Å². The molecule has 1 amide bonds. The van der Waals surface area contributed by atoms with Gasteiger partial charge in [-0.3, -0.25) is 4.79 Å². The number of nitrogens with one attached hydrogen (secondary N) is 1. The van der Waals surface area contributed by atoms with Crippen molar-refractivity contribution in [2.45, 2.75) is 12.8 Å². The summed E-state index contributed by atoms with van der Waals surface area (Å²) in [5.41, 5.74) is -0.513. The van der Waals surface area contributed by atoms with Crippen molar-refractivity contribution >= 4 is 21.8 Å². The maximum atomic E-state index is 13.6. The van der Waals surface area contributed by atoms with Gasteiger partial charge in [0.1, 0.15) is 17.2 Å². The molecule has 0 spiro atoms. The minimum atomic E-state index is -0.849. The summed E-state index contributed by atoms with van der Waals surface area (Å²) in [6.45, 7) is 2.44. The van der Waals surface area contributed by atoms with E-state index >= 15 is 0 Å². The van der Waals surface area contributed by atoms with Crippen LogP contribution in [0.3, 0.4) is 0 Å². The lowest BCUT2D eigenvalue weighted by Gasteiger charge is -2.28. The summed E-state index contributed by atoms with van der Waals surface area (Å²) in [5.74, 6) is -2.02. The highest BCUT2D eigenvalue weighted by atomic mass is 79.9. The highest BCUT2D eigenvalue weighted by molar-refractivity contribution is 9.10. The SMILES string of the molecule is CN1CCC(CNC(=O)c2c(F)cc(Br)cc2F)CC1. The Kier molecular flexibility index (Phi) is 5.10. The zero-order chi connectivity index (χ0) is 14.7. The molecule has 0 unspecified atom stereocenters. The predicted octanol–water partition coefficient (Wildman–Crippen LogP) is 2.80. The van der Waals surface area contributed by atoms with Gasteiger partial charge in [-0.2, -0.15) is 0 Å². The maximum absolute atomic E-state index is 13.6. The van der Waals surface area contributed by atoms with Gasteiger partial charge in [-0.1, -0.05) is 15.9 Å². The fraction of sp³-hybridized carbons (Fsp3) is 0.500. The van der Waals surface area contributed by atoms with Gasteiger partial charge in [-0.15, -0.1) is 0 Å². The molecule has 0 aromatic heterocycles. The third-order valence-electron chi connectivity index (χ3n) is 3.62. The quantitative estimate of drug-likeness (QED) is 0.912. The van der Waals surface area contributed by atoms with Gasteiger partial charge in [0.05, 0.1) is 0 Å². The molecule has 0 radical (unpaired) electrons. The monoisotopic (exact) mass is 346 g/mol. The number of likely N-dealkylation sites (tertiary alicyclic amines) is 1. The predicted molar refractivity (Wildman–Crippen MR) is 76.6 cm³/mol. The van der Waals surface area contributed by atoms with Crippen molar-refractivity contribution < 1.29 is 13.6 Å². The van der Waals surface area contributed by atoms with Gasteiger partial charge in [0.25, 0.3) is 5.91 Å². The summed E-state index contributed by atoms with van der Waals surface area (Å²) in [7, 11) is 2.06. The summed E-state index contributed by atoms with van der Waals surface area (Å²) in [4.78, 5) is 14.1. The third kappa shape index (κ3) is 3.76. The number of carbonyl (C=O) groups is 1. The van der Waals surface area contributed by atoms with Crippen LogP contribution in [0.5, 0.6) is 0 Å². The fourth-order valence-electron chi connectivity index (χ4n) is 2.35. The highest BCUT2D eigenvalue weighted by Gasteiger charge is 2.21. The Bertz CT molecular complexity index is 479. The number of halogens is 3. The third-order valence-corrected chi connectivity index (χ3v) is 4.08. The van der Waals surface area contributed by atoms with Gasteiger partial charge in [0, 0.05) is 11.0 Å². The van der Waals surface area contributed by atoms with Gasteiger partial charge < -0.3 is 10.2 Å². The Morgan fingerprint density at radius 1 is 1.35 bits per heavy atom. The largest absolute Gasteiger partial charge is 0.352 e. The van der Waals surface area contributed by atoms with Crippen molar-refractivity contribution in [3.8, 4) is 0 Å². The van der Waals surface area contributed by atoms with E-state index in [1.54, 1.807) is 0 Å². The molecule has 1 heterocycles. The van der Waals surface area contributed by atoms with Crippen LogP contribution in [-0.4, -0.2) is 37.5 Å². The Labute approximate surface area is 125 Å². The fourth-order valence-corrected chi connectivity index (χ4v) is 2.75. The van der Waals surface area contributed by atoms with Gasteiger partial charge in [0.15, 0.2) is 0 Å². The smallest absolute Gasteiger partial charge is 0.257 e. The Balaban J connectivity index is 1.95.